The molecule has 42 heavy (non-hydrogen) atoms. The van der Waals surface area contributed by atoms with E-state index >= 15 is 0 Å². The summed E-state index contributed by atoms with van der Waals surface area (Å²) >= 11 is 0. The van der Waals surface area contributed by atoms with Gasteiger partial charge in [-0.05, 0) is 55.0 Å². The topological polar surface area (TPSA) is 34.0 Å². The van der Waals surface area contributed by atoms with E-state index in [0.717, 1.165) is 30.5 Å². The van der Waals surface area contributed by atoms with E-state index in [1.165, 1.54) is 12.4 Å². The number of halogens is 9. The van der Waals surface area contributed by atoms with E-state index in [1.54, 1.807) is 0 Å². The highest BCUT2D eigenvalue weighted by Crippen LogP contribution is 2.36. The third-order valence-electron chi connectivity index (χ3n) is 5.58. The van der Waals surface area contributed by atoms with E-state index in [4.69, 9.17) is 0 Å². The zero-order chi connectivity index (χ0) is 31.0. The molecule has 0 atom stereocenters. The summed E-state index contributed by atoms with van der Waals surface area (Å²) in [7, 11) is 0. The Kier molecular flexibility index (Phi) is 10.6. The zero-order valence-electron chi connectivity index (χ0n) is 21.9. The van der Waals surface area contributed by atoms with E-state index in [9.17, 15) is 39.5 Å². The molecule has 12 heteroatoms. The average Bonchev–Trinajstić information content (AvgIpc) is 2.89. The van der Waals surface area contributed by atoms with E-state index in [0.29, 0.717) is 18.6 Å². The quantitative estimate of drug-likeness (QED) is 0.100. The number of unbranched alkanes of at least 4 members (excludes halogenated alkanes) is 1. The normalized spacial score (nSPS) is 11.9. The molecule has 0 saturated heterocycles. The lowest BCUT2D eigenvalue weighted by Crippen LogP contribution is -2.25. The summed E-state index contributed by atoms with van der Waals surface area (Å²) in [5.74, 6) is -8.77. The Hall–Kier alpha value is -4.53. The fraction of sp³-hybridized carbons (Fsp3) is 0.200. The molecule has 0 N–H and O–H groups in total. The van der Waals surface area contributed by atoms with Crippen LogP contribution in [0.2, 0.25) is 0 Å². The van der Waals surface area contributed by atoms with Gasteiger partial charge in [-0.3, -0.25) is 9.98 Å². The van der Waals surface area contributed by atoms with Crippen molar-refractivity contribution >= 4 is 12.9 Å². The maximum atomic E-state index is 14.6. The lowest BCUT2D eigenvalue weighted by atomic mass is 10.1. The van der Waals surface area contributed by atoms with Crippen molar-refractivity contribution in [2.75, 3.05) is 0 Å². The van der Waals surface area contributed by atoms with Gasteiger partial charge in [0.15, 0.2) is 17.5 Å². The Bertz CT molecular complexity index is 1530. The number of benzene rings is 3. The van der Waals surface area contributed by atoms with Crippen molar-refractivity contribution in [2.24, 2.45) is 9.98 Å². The van der Waals surface area contributed by atoms with Crippen molar-refractivity contribution in [1.29, 1.82) is 0 Å². The Labute approximate surface area is 235 Å². The summed E-state index contributed by atoms with van der Waals surface area (Å²) in [6, 6.07) is 2.74. The van der Waals surface area contributed by atoms with Crippen LogP contribution >= 0.6 is 0 Å². The van der Waals surface area contributed by atoms with Gasteiger partial charge >= 0.3 is 6.11 Å². The molecule has 220 valence electrons. The maximum Gasteiger partial charge on any atom is 0.432 e. The number of alkyl halides is 2. The average molecular weight is 596 g/mol. The highest BCUT2D eigenvalue weighted by molar-refractivity contribution is 5.78. The first-order chi connectivity index (χ1) is 19.9. The van der Waals surface area contributed by atoms with Gasteiger partial charge in [-0.15, -0.1) is 0 Å². The second kappa shape index (κ2) is 13.9. The van der Waals surface area contributed by atoms with Crippen molar-refractivity contribution < 1.29 is 44.3 Å². The summed E-state index contributed by atoms with van der Waals surface area (Å²) in [4.78, 5) is 7.83. The highest BCUT2D eigenvalue weighted by Gasteiger charge is 2.41. The van der Waals surface area contributed by atoms with Gasteiger partial charge < -0.3 is 4.74 Å². The van der Waals surface area contributed by atoms with E-state index in [2.05, 4.69) is 33.3 Å². The summed E-state index contributed by atoms with van der Waals surface area (Å²) in [5.41, 5.74) is -2.32. The van der Waals surface area contributed by atoms with Crippen LogP contribution in [0.25, 0.3) is 0 Å². The molecule has 0 aliphatic carbocycles. The summed E-state index contributed by atoms with van der Waals surface area (Å²) in [6.07, 6.45) is 0.757. The molecule has 0 radical (unpaired) electrons. The first kappa shape index (κ1) is 32.0. The first-order valence-corrected chi connectivity index (χ1v) is 12.2. The molecular weight excluding hydrogens is 575 g/mol. The van der Waals surface area contributed by atoms with Crippen LogP contribution in [0.15, 0.2) is 58.2 Å². The van der Waals surface area contributed by atoms with Crippen LogP contribution in [-0.2, 0) is 12.7 Å². The SMILES string of the molecule is C=N/C=C(\C=NCc1cc(F)c(C#Cc2cc(F)c(C(F)(F)Oc3cc(F)c(F)c(F)c3)c(F)c2)c(F)c1)CCCC. The van der Waals surface area contributed by atoms with Gasteiger partial charge in [-0.25, -0.2) is 30.7 Å². The molecule has 0 aromatic heterocycles. The standard InChI is InChI=1S/C30H21F9N2O/c1-3-4-5-18(14-40-2)15-41-16-19-10-22(31)21(23(32)11-19)7-6-17-8-24(33)28(25(34)9-17)30(38,39)42-20-12-26(35)29(37)27(36)13-20/h8-15H,2-5,16H2,1H3/b18-14-,41-15?. The number of nitrogens with zero attached hydrogens (tertiary/aromatic N) is 2. The van der Waals surface area contributed by atoms with Gasteiger partial charge in [0.05, 0.1) is 12.1 Å². The fourth-order valence-electron chi connectivity index (χ4n) is 3.61. The molecule has 0 saturated carbocycles. The van der Waals surface area contributed by atoms with Gasteiger partial charge in [-0.2, -0.15) is 8.78 Å². The molecule has 0 aliphatic heterocycles. The molecular formula is C30H21F9N2O. The van der Waals surface area contributed by atoms with Crippen molar-refractivity contribution in [2.45, 2.75) is 38.8 Å². The maximum absolute atomic E-state index is 14.6. The number of hydrogen-bond acceptors (Lipinski definition) is 3. The summed E-state index contributed by atoms with van der Waals surface area (Å²) in [6.45, 7) is 5.31. The predicted octanol–water partition coefficient (Wildman–Crippen LogP) is 8.53. The Morgan fingerprint density at radius 3 is 2.00 bits per heavy atom. The lowest BCUT2D eigenvalue weighted by Gasteiger charge is -2.19. The molecule has 0 spiro atoms. The smallest absolute Gasteiger partial charge is 0.429 e. The summed E-state index contributed by atoms with van der Waals surface area (Å²) < 4.78 is 131. The van der Waals surface area contributed by atoms with Crippen molar-refractivity contribution in [3.05, 3.63) is 111 Å². The van der Waals surface area contributed by atoms with Gasteiger partial charge in [0, 0.05) is 30.1 Å². The zero-order valence-corrected chi connectivity index (χ0v) is 21.9. The molecule has 0 unspecified atom stereocenters. The molecule has 0 heterocycles. The number of hydrogen-bond donors (Lipinski definition) is 0. The van der Waals surface area contributed by atoms with Crippen molar-refractivity contribution in [3.63, 3.8) is 0 Å². The van der Waals surface area contributed by atoms with Crippen LogP contribution in [-0.4, -0.2) is 12.9 Å². The monoisotopic (exact) mass is 596 g/mol. The predicted molar refractivity (Wildman–Crippen MR) is 139 cm³/mol. The minimum atomic E-state index is -4.80. The molecule has 3 rings (SSSR count). The molecule has 3 aromatic carbocycles. The number of allylic oxidation sites excluding steroid dienone is 1. The second-order valence-electron chi connectivity index (χ2n) is 8.78. The minimum Gasteiger partial charge on any atom is -0.429 e. The molecule has 0 fully saturated rings. The van der Waals surface area contributed by atoms with Crippen LogP contribution in [0, 0.1) is 52.6 Å². The third kappa shape index (κ3) is 8.02. The Morgan fingerprint density at radius 1 is 0.857 bits per heavy atom. The van der Waals surface area contributed by atoms with Crippen LogP contribution in [0.5, 0.6) is 5.75 Å². The number of ether oxygens (including phenoxy) is 1. The van der Waals surface area contributed by atoms with Crippen molar-refractivity contribution in [1.82, 2.24) is 0 Å². The fourth-order valence-corrected chi connectivity index (χ4v) is 3.61. The van der Waals surface area contributed by atoms with Gasteiger partial charge in [-0.1, -0.05) is 25.2 Å². The van der Waals surface area contributed by atoms with Gasteiger partial charge in [0.2, 0.25) is 0 Å². The first-order valence-electron chi connectivity index (χ1n) is 12.2. The van der Waals surface area contributed by atoms with Crippen LogP contribution in [0.1, 0.15) is 48.4 Å². The third-order valence-corrected chi connectivity index (χ3v) is 5.58. The van der Waals surface area contributed by atoms with Gasteiger partial charge in [0.25, 0.3) is 0 Å². The van der Waals surface area contributed by atoms with Crippen molar-refractivity contribution in [3.8, 4) is 17.6 Å². The Morgan fingerprint density at radius 2 is 1.45 bits per heavy atom. The lowest BCUT2D eigenvalue weighted by molar-refractivity contribution is -0.189. The van der Waals surface area contributed by atoms with Crippen LogP contribution in [0.4, 0.5) is 39.5 Å². The van der Waals surface area contributed by atoms with Crippen LogP contribution in [0.3, 0.4) is 0 Å². The Balaban J connectivity index is 1.82. The van der Waals surface area contributed by atoms with E-state index < -0.39 is 69.3 Å². The molecule has 0 bridgehead atoms. The molecule has 3 nitrogen and oxygen atoms in total. The minimum absolute atomic E-state index is 0.0605. The van der Waals surface area contributed by atoms with E-state index in [1.807, 2.05) is 6.92 Å². The summed E-state index contributed by atoms with van der Waals surface area (Å²) in [5, 5.41) is 0. The van der Waals surface area contributed by atoms with Gasteiger partial charge in [0.1, 0.15) is 34.6 Å². The highest BCUT2D eigenvalue weighted by atomic mass is 19.3. The number of aliphatic imine (C=N–C) groups is 2. The second-order valence-corrected chi connectivity index (χ2v) is 8.78. The molecule has 0 amide bonds. The molecule has 3 aromatic rings. The molecule has 0 aliphatic rings. The number of rotatable bonds is 10. The van der Waals surface area contributed by atoms with E-state index in [-0.39, 0.29) is 24.2 Å². The largest absolute Gasteiger partial charge is 0.432 e. The van der Waals surface area contributed by atoms with Crippen LogP contribution < -0.4 is 4.74 Å².